The van der Waals surface area contributed by atoms with Gasteiger partial charge < -0.3 is 5.11 Å². The van der Waals surface area contributed by atoms with E-state index in [1.165, 1.54) is 32.1 Å². The highest BCUT2D eigenvalue weighted by Crippen LogP contribution is 2.24. The van der Waals surface area contributed by atoms with Gasteiger partial charge in [0.05, 0.1) is 6.10 Å². The molecule has 1 heteroatoms. The summed E-state index contributed by atoms with van der Waals surface area (Å²) in [4.78, 5) is 0. The van der Waals surface area contributed by atoms with Crippen molar-refractivity contribution in [2.75, 3.05) is 0 Å². The molecule has 1 nitrogen and oxygen atoms in total. The van der Waals surface area contributed by atoms with Crippen molar-refractivity contribution in [2.24, 2.45) is 11.8 Å². The summed E-state index contributed by atoms with van der Waals surface area (Å²) in [6, 6.07) is 0. The van der Waals surface area contributed by atoms with Gasteiger partial charge in [-0.1, -0.05) is 53.4 Å². The summed E-state index contributed by atoms with van der Waals surface area (Å²) in [7, 11) is 0. The van der Waals surface area contributed by atoms with Gasteiger partial charge in [-0.15, -0.1) is 0 Å². The van der Waals surface area contributed by atoms with Crippen molar-refractivity contribution in [2.45, 2.75) is 72.3 Å². The second-order valence-corrected chi connectivity index (χ2v) is 4.61. The van der Waals surface area contributed by atoms with E-state index in [1.54, 1.807) is 0 Å². The van der Waals surface area contributed by atoms with E-state index in [0.29, 0.717) is 5.92 Å². The predicted molar refractivity (Wildman–Crippen MR) is 63.4 cm³/mol. The van der Waals surface area contributed by atoms with Crippen LogP contribution in [0.4, 0.5) is 0 Å². The van der Waals surface area contributed by atoms with Gasteiger partial charge in [0.15, 0.2) is 0 Å². The van der Waals surface area contributed by atoms with E-state index in [1.807, 2.05) is 0 Å². The molecule has 0 spiro atoms. The molecule has 86 valence electrons. The summed E-state index contributed by atoms with van der Waals surface area (Å²) >= 11 is 0. The second kappa shape index (κ2) is 8.28. The molecule has 0 aromatic carbocycles. The number of rotatable bonds is 8. The summed E-state index contributed by atoms with van der Waals surface area (Å²) in [5.74, 6) is 1.30. The zero-order valence-electron chi connectivity index (χ0n) is 10.4. The predicted octanol–water partition coefficient (Wildman–Crippen LogP) is 4.00. The first-order chi connectivity index (χ1) is 6.65. The summed E-state index contributed by atoms with van der Waals surface area (Å²) in [5.41, 5.74) is 0. The fourth-order valence-electron chi connectivity index (χ4n) is 2.07. The normalized spacial score (nSPS) is 17.8. The van der Waals surface area contributed by atoms with Crippen LogP contribution in [0.1, 0.15) is 66.2 Å². The Bertz CT molecular complexity index is 122. The molecule has 0 amide bonds. The van der Waals surface area contributed by atoms with Gasteiger partial charge >= 0.3 is 0 Å². The van der Waals surface area contributed by atoms with Crippen LogP contribution in [0.25, 0.3) is 0 Å². The number of hydrogen-bond donors (Lipinski definition) is 1. The maximum Gasteiger partial charge on any atom is 0.0563 e. The van der Waals surface area contributed by atoms with Gasteiger partial charge in [-0.25, -0.2) is 0 Å². The topological polar surface area (TPSA) is 20.2 Å². The van der Waals surface area contributed by atoms with Crippen LogP contribution < -0.4 is 0 Å². The van der Waals surface area contributed by atoms with Gasteiger partial charge in [0.25, 0.3) is 0 Å². The van der Waals surface area contributed by atoms with E-state index in [2.05, 4.69) is 27.7 Å². The van der Waals surface area contributed by atoms with Gasteiger partial charge in [0.2, 0.25) is 0 Å². The molecule has 0 rings (SSSR count). The minimum atomic E-state index is -0.0920. The lowest BCUT2D eigenvalue weighted by atomic mass is 9.86. The average Bonchev–Trinajstić information content (AvgIpc) is 2.22. The maximum atomic E-state index is 9.70. The van der Waals surface area contributed by atoms with Crippen molar-refractivity contribution < 1.29 is 5.11 Å². The standard InChI is InChI=1S/C13H28O/c1-5-8-9-12(6-2)10-11(4)13(14)7-3/h11-14H,5-10H2,1-4H3. The molecule has 0 aliphatic carbocycles. The highest BCUT2D eigenvalue weighted by Gasteiger charge is 2.16. The Balaban J connectivity index is 3.79. The number of aliphatic hydroxyl groups is 1. The van der Waals surface area contributed by atoms with Gasteiger partial charge in [0, 0.05) is 0 Å². The van der Waals surface area contributed by atoms with Crippen molar-refractivity contribution in [3.63, 3.8) is 0 Å². The number of aliphatic hydroxyl groups excluding tert-OH is 1. The summed E-state index contributed by atoms with van der Waals surface area (Å²) < 4.78 is 0. The van der Waals surface area contributed by atoms with Crippen LogP contribution in [0, 0.1) is 11.8 Å². The highest BCUT2D eigenvalue weighted by atomic mass is 16.3. The minimum absolute atomic E-state index is 0.0920. The molecule has 3 unspecified atom stereocenters. The molecular formula is C13H28O. The van der Waals surface area contributed by atoms with E-state index in [9.17, 15) is 5.11 Å². The van der Waals surface area contributed by atoms with E-state index >= 15 is 0 Å². The fraction of sp³-hybridized carbons (Fsp3) is 1.00. The molecule has 0 bridgehead atoms. The molecule has 0 aromatic rings. The minimum Gasteiger partial charge on any atom is -0.393 e. The van der Waals surface area contributed by atoms with Gasteiger partial charge in [0.1, 0.15) is 0 Å². The molecule has 0 fully saturated rings. The second-order valence-electron chi connectivity index (χ2n) is 4.61. The zero-order valence-corrected chi connectivity index (χ0v) is 10.4. The molecule has 3 atom stereocenters. The molecule has 0 aliphatic heterocycles. The largest absolute Gasteiger partial charge is 0.393 e. The molecule has 0 radical (unpaired) electrons. The molecule has 0 aromatic heterocycles. The lowest BCUT2D eigenvalue weighted by Crippen LogP contribution is -2.19. The lowest BCUT2D eigenvalue weighted by molar-refractivity contribution is 0.0960. The van der Waals surface area contributed by atoms with E-state index in [-0.39, 0.29) is 6.10 Å². The fourth-order valence-corrected chi connectivity index (χ4v) is 2.07. The zero-order chi connectivity index (χ0) is 11.0. The van der Waals surface area contributed by atoms with Gasteiger partial charge in [-0.2, -0.15) is 0 Å². The van der Waals surface area contributed by atoms with Crippen LogP contribution in [0.5, 0.6) is 0 Å². The Hall–Kier alpha value is -0.0400. The van der Waals surface area contributed by atoms with Crippen molar-refractivity contribution in [3.8, 4) is 0 Å². The average molecular weight is 200 g/mol. The first kappa shape index (κ1) is 14.0. The highest BCUT2D eigenvalue weighted by molar-refractivity contribution is 4.68. The molecule has 0 aliphatic rings. The Morgan fingerprint density at radius 1 is 1.07 bits per heavy atom. The molecule has 0 saturated carbocycles. The maximum absolute atomic E-state index is 9.70. The molecule has 0 saturated heterocycles. The van der Waals surface area contributed by atoms with Crippen molar-refractivity contribution in [1.29, 1.82) is 0 Å². The quantitative estimate of drug-likeness (QED) is 0.628. The van der Waals surface area contributed by atoms with Gasteiger partial charge in [-0.3, -0.25) is 0 Å². The van der Waals surface area contributed by atoms with E-state index in [0.717, 1.165) is 12.3 Å². The third-order valence-corrected chi connectivity index (χ3v) is 3.32. The third-order valence-electron chi connectivity index (χ3n) is 3.32. The first-order valence-electron chi connectivity index (χ1n) is 6.33. The van der Waals surface area contributed by atoms with E-state index in [4.69, 9.17) is 0 Å². The lowest BCUT2D eigenvalue weighted by Gasteiger charge is -2.22. The van der Waals surface area contributed by atoms with Crippen molar-refractivity contribution >= 4 is 0 Å². The molecule has 1 N–H and O–H groups in total. The number of unbranched alkanes of at least 4 members (excludes halogenated alkanes) is 1. The Morgan fingerprint density at radius 3 is 2.14 bits per heavy atom. The Kier molecular flexibility index (Phi) is 8.26. The van der Waals surface area contributed by atoms with Crippen LogP contribution in [0.15, 0.2) is 0 Å². The Morgan fingerprint density at radius 2 is 1.71 bits per heavy atom. The van der Waals surface area contributed by atoms with Gasteiger partial charge in [-0.05, 0) is 24.7 Å². The summed E-state index contributed by atoms with van der Waals surface area (Å²) in [5, 5.41) is 9.70. The third kappa shape index (κ3) is 5.64. The van der Waals surface area contributed by atoms with Crippen LogP contribution in [-0.2, 0) is 0 Å². The van der Waals surface area contributed by atoms with Crippen LogP contribution in [0.3, 0.4) is 0 Å². The summed E-state index contributed by atoms with van der Waals surface area (Å²) in [6.07, 6.45) is 7.24. The van der Waals surface area contributed by atoms with Crippen molar-refractivity contribution in [3.05, 3.63) is 0 Å². The van der Waals surface area contributed by atoms with Crippen LogP contribution in [-0.4, -0.2) is 11.2 Å². The van der Waals surface area contributed by atoms with Crippen LogP contribution >= 0.6 is 0 Å². The number of hydrogen-bond acceptors (Lipinski definition) is 1. The Labute approximate surface area is 89.9 Å². The van der Waals surface area contributed by atoms with Crippen LogP contribution in [0.2, 0.25) is 0 Å². The smallest absolute Gasteiger partial charge is 0.0563 e. The SMILES string of the molecule is CCCCC(CC)CC(C)C(O)CC. The first-order valence-corrected chi connectivity index (χ1v) is 6.33. The molecule has 0 heterocycles. The molecular weight excluding hydrogens is 172 g/mol. The molecule has 14 heavy (non-hydrogen) atoms. The summed E-state index contributed by atoms with van der Waals surface area (Å²) in [6.45, 7) is 8.76. The van der Waals surface area contributed by atoms with E-state index < -0.39 is 0 Å². The monoisotopic (exact) mass is 200 g/mol. The van der Waals surface area contributed by atoms with Crippen molar-refractivity contribution in [1.82, 2.24) is 0 Å².